The number of benzene rings is 1. The van der Waals surface area contributed by atoms with Gasteiger partial charge in [-0.15, -0.1) is 0 Å². The van der Waals surface area contributed by atoms with E-state index in [0.717, 1.165) is 0 Å². The highest BCUT2D eigenvalue weighted by molar-refractivity contribution is 9.11. The fourth-order valence-electron chi connectivity index (χ4n) is 1.27. The van der Waals surface area contributed by atoms with E-state index in [-0.39, 0.29) is 0 Å². The first-order valence-electron chi connectivity index (χ1n) is 4.02. The average Bonchev–Trinajstić information content (AvgIpc) is 2.30. The second-order valence-electron chi connectivity index (χ2n) is 3.01. The van der Waals surface area contributed by atoms with Gasteiger partial charge in [-0.2, -0.15) is 0 Å². The summed E-state index contributed by atoms with van der Waals surface area (Å²) in [5, 5.41) is -1.04. The third-order valence-electron chi connectivity index (χ3n) is 2.05. The maximum Gasteiger partial charge on any atom is 0.196 e. The van der Waals surface area contributed by atoms with Crippen molar-refractivity contribution in [3.05, 3.63) is 38.2 Å². The number of hydrogen-bond donors (Lipinski definition) is 0. The van der Waals surface area contributed by atoms with E-state index >= 15 is 0 Å². The first-order chi connectivity index (χ1) is 7.86. The van der Waals surface area contributed by atoms with E-state index in [1.165, 1.54) is 0 Å². The zero-order chi connectivity index (χ0) is 12.9. The Morgan fingerprint density at radius 2 is 1.24 bits per heavy atom. The van der Waals surface area contributed by atoms with Gasteiger partial charge >= 0.3 is 0 Å². The maximum atomic E-state index is 13.4. The van der Waals surface area contributed by atoms with Crippen LogP contribution < -0.4 is 0 Å². The van der Waals surface area contributed by atoms with Crippen LogP contribution in [0.25, 0.3) is 10.9 Å². The van der Waals surface area contributed by atoms with Gasteiger partial charge in [0.05, 0.1) is 15.4 Å². The van der Waals surface area contributed by atoms with Crippen molar-refractivity contribution in [2.24, 2.45) is 0 Å². The molecule has 90 valence electrons. The number of aromatic nitrogens is 1. The van der Waals surface area contributed by atoms with E-state index in [2.05, 4.69) is 36.8 Å². The number of hydrogen-bond acceptors (Lipinski definition) is 1. The van der Waals surface area contributed by atoms with E-state index in [9.17, 15) is 22.0 Å². The van der Waals surface area contributed by atoms with E-state index in [0.29, 0.717) is 0 Å². The Bertz CT molecular complexity index is 635. The lowest BCUT2D eigenvalue weighted by Crippen LogP contribution is -2.01. The molecule has 2 aromatic rings. The van der Waals surface area contributed by atoms with Crippen molar-refractivity contribution >= 4 is 42.8 Å². The van der Waals surface area contributed by atoms with Gasteiger partial charge < -0.3 is 0 Å². The second kappa shape index (κ2) is 4.16. The van der Waals surface area contributed by atoms with E-state index in [4.69, 9.17) is 0 Å². The molecule has 0 radical (unpaired) electrons. The van der Waals surface area contributed by atoms with Crippen LogP contribution in [-0.4, -0.2) is 4.98 Å². The van der Waals surface area contributed by atoms with Crippen molar-refractivity contribution in [2.75, 3.05) is 0 Å². The molecule has 0 saturated heterocycles. The second-order valence-corrected chi connectivity index (χ2v) is 4.55. The van der Waals surface area contributed by atoms with Crippen LogP contribution in [0, 0.1) is 29.1 Å². The van der Waals surface area contributed by atoms with Crippen molar-refractivity contribution in [3.63, 3.8) is 0 Å². The van der Waals surface area contributed by atoms with Crippen LogP contribution in [0.3, 0.4) is 0 Å². The van der Waals surface area contributed by atoms with Crippen LogP contribution in [0.4, 0.5) is 22.0 Å². The Hall–Kier alpha value is -0.760. The molecule has 0 spiro atoms. The molecule has 17 heavy (non-hydrogen) atoms. The minimum atomic E-state index is -1.90. The van der Waals surface area contributed by atoms with Crippen molar-refractivity contribution in [3.8, 4) is 0 Å². The van der Waals surface area contributed by atoms with Crippen molar-refractivity contribution < 1.29 is 22.0 Å². The number of nitrogens with zero attached hydrogens (tertiary/aromatic N) is 1. The molecule has 0 bridgehead atoms. The summed E-state index contributed by atoms with van der Waals surface area (Å²) < 4.78 is 64.9. The highest BCUT2D eigenvalue weighted by atomic mass is 79.9. The fourth-order valence-corrected chi connectivity index (χ4v) is 2.09. The van der Waals surface area contributed by atoms with Gasteiger partial charge in [0.15, 0.2) is 29.1 Å². The third kappa shape index (κ3) is 1.74. The molecule has 0 amide bonds. The van der Waals surface area contributed by atoms with Crippen molar-refractivity contribution in [1.29, 1.82) is 0 Å². The Morgan fingerprint density at radius 3 is 1.82 bits per heavy atom. The van der Waals surface area contributed by atoms with E-state index in [1.807, 2.05) is 0 Å². The lowest BCUT2D eigenvalue weighted by atomic mass is 10.2. The molecule has 2 rings (SSSR count). The maximum absolute atomic E-state index is 13.4. The van der Waals surface area contributed by atoms with Crippen LogP contribution >= 0.6 is 31.9 Å². The van der Waals surface area contributed by atoms with Crippen LogP contribution in [0.2, 0.25) is 0 Å². The van der Waals surface area contributed by atoms with Gasteiger partial charge in [0.25, 0.3) is 0 Å². The first kappa shape index (κ1) is 12.7. The van der Waals surface area contributed by atoms with Gasteiger partial charge in [-0.1, -0.05) is 0 Å². The number of halogens is 7. The first-order valence-corrected chi connectivity index (χ1v) is 5.61. The summed E-state index contributed by atoms with van der Waals surface area (Å²) in [7, 11) is 0. The number of pyridine rings is 1. The molecular formula is C9Br2F5N. The summed E-state index contributed by atoms with van der Waals surface area (Å²) in [6.07, 6.45) is 0. The van der Waals surface area contributed by atoms with Gasteiger partial charge in [0.2, 0.25) is 0 Å². The Labute approximate surface area is 108 Å². The molecule has 0 fully saturated rings. The van der Waals surface area contributed by atoms with Crippen molar-refractivity contribution in [1.82, 2.24) is 4.98 Å². The molecule has 0 unspecified atom stereocenters. The van der Waals surface area contributed by atoms with Crippen LogP contribution in [0.5, 0.6) is 0 Å². The zero-order valence-corrected chi connectivity index (χ0v) is 10.8. The topological polar surface area (TPSA) is 12.9 Å². The molecule has 1 aromatic heterocycles. The van der Waals surface area contributed by atoms with Gasteiger partial charge in [-0.25, -0.2) is 26.9 Å². The Kier molecular flexibility index (Phi) is 3.11. The SMILES string of the molecule is Fc1c(F)c(F)c2c(F)c(F)c(Br)nc2c1Br. The van der Waals surface area contributed by atoms with Crippen LogP contribution in [0.15, 0.2) is 9.08 Å². The minimum absolute atomic E-state index is 0.549. The van der Waals surface area contributed by atoms with Gasteiger partial charge in [-0.3, -0.25) is 0 Å². The Balaban J connectivity index is 3.12. The molecule has 1 aromatic carbocycles. The lowest BCUT2D eigenvalue weighted by Gasteiger charge is -2.07. The summed E-state index contributed by atoms with van der Waals surface area (Å²) in [6, 6.07) is 0. The quantitative estimate of drug-likeness (QED) is 0.286. The van der Waals surface area contributed by atoms with Crippen LogP contribution in [-0.2, 0) is 0 Å². The van der Waals surface area contributed by atoms with Gasteiger partial charge in [0, 0.05) is 0 Å². The molecule has 0 atom stereocenters. The van der Waals surface area contributed by atoms with Gasteiger partial charge in [0.1, 0.15) is 4.60 Å². The zero-order valence-electron chi connectivity index (χ0n) is 7.59. The Morgan fingerprint density at radius 1 is 0.706 bits per heavy atom. The minimum Gasteiger partial charge on any atom is -0.236 e. The van der Waals surface area contributed by atoms with Crippen molar-refractivity contribution in [2.45, 2.75) is 0 Å². The predicted molar refractivity (Wildman–Crippen MR) is 56.9 cm³/mol. The highest BCUT2D eigenvalue weighted by Gasteiger charge is 2.25. The van der Waals surface area contributed by atoms with Gasteiger partial charge in [-0.05, 0) is 31.9 Å². The average molecular weight is 377 g/mol. The summed E-state index contributed by atoms with van der Waals surface area (Å²) >= 11 is 5.19. The molecular weight excluding hydrogens is 377 g/mol. The molecule has 1 heterocycles. The number of fused-ring (bicyclic) bond motifs is 1. The predicted octanol–water partition coefficient (Wildman–Crippen LogP) is 4.46. The summed E-state index contributed by atoms with van der Waals surface area (Å²) in [5.74, 6) is -8.39. The molecule has 1 nitrogen and oxygen atoms in total. The van der Waals surface area contributed by atoms with E-state index in [1.54, 1.807) is 0 Å². The lowest BCUT2D eigenvalue weighted by molar-refractivity contribution is 0.444. The normalized spacial score (nSPS) is 11.2. The summed E-state index contributed by atoms with van der Waals surface area (Å²) in [5.41, 5.74) is -0.549. The fraction of sp³-hybridized carbons (Fsp3) is 0. The monoisotopic (exact) mass is 375 g/mol. The van der Waals surface area contributed by atoms with Crippen LogP contribution in [0.1, 0.15) is 0 Å². The smallest absolute Gasteiger partial charge is 0.196 e. The van der Waals surface area contributed by atoms with E-state index < -0.39 is 49.1 Å². The number of rotatable bonds is 0. The standard InChI is InChI=1S/C9Br2F5N/c10-2-5(14)6(15)3(12)1-4(13)7(16)9(11)17-8(1)2. The molecule has 0 aliphatic rings. The molecule has 0 aliphatic carbocycles. The summed E-state index contributed by atoms with van der Waals surface area (Å²) in [6.45, 7) is 0. The molecule has 0 saturated carbocycles. The largest absolute Gasteiger partial charge is 0.236 e. The molecule has 8 heteroatoms. The molecule has 0 aliphatic heterocycles. The third-order valence-corrected chi connectivity index (χ3v) is 3.29. The molecule has 0 N–H and O–H groups in total. The summed E-state index contributed by atoms with van der Waals surface area (Å²) in [4.78, 5) is 3.41. The highest BCUT2D eigenvalue weighted by Crippen LogP contribution is 2.34.